The number of nitrogens with zero attached hydrogens (tertiary/aromatic N) is 3. The van der Waals surface area contributed by atoms with Gasteiger partial charge >= 0.3 is 6.29 Å². The molecule has 13 heteroatoms. The predicted molar refractivity (Wildman–Crippen MR) is 142 cm³/mol. The summed E-state index contributed by atoms with van der Waals surface area (Å²) in [7, 11) is 0. The first kappa shape index (κ1) is 26.8. The van der Waals surface area contributed by atoms with Crippen LogP contribution in [0.4, 0.5) is 20.3 Å². The number of unbranched alkanes of at least 4 members (excludes halogenated alkanes) is 1. The van der Waals surface area contributed by atoms with E-state index < -0.39 is 12.2 Å². The fraction of sp³-hybridized carbons (Fsp3) is 0.385. The lowest BCUT2D eigenvalue weighted by Crippen LogP contribution is -2.27. The smallest absolute Gasteiger partial charge is 0.395 e. The molecule has 206 valence electrons. The number of benzene rings is 1. The van der Waals surface area contributed by atoms with Gasteiger partial charge in [-0.2, -0.15) is 0 Å². The summed E-state index contributed by atoms with van der Waals surface area (Å²) in [6.07, 6.45) is 2.34. The summed E-state index contributed by atoms with van der Waals surface area (Å²) in [6, 6.07) is 7.46. The number of halogens is 2. The van der Waals surface area contributed by atoms with Crippen LogP contribution in [0.1, 0.15) is 51.4 Å². The Hall–Kier alpha value is -3.84. The highest BCUT2D eigenvalue weighted by Gasteiger charge is 2.43. The van der Waals surface area contributed by atoms with Crippen molar-refractivity contribution in [3.8, 4) is 11.5 Å². The number of likely N-dealkylation sites (tertiary alicyclic amines) is 1. The minimum Gasteiger partial charge on any atom is -0.395 e. The fourth-order valence-electron chi connectivity index (χ4n) is 4.40. The largest absolute Gasteiger partial charge is 0.586 e. The molecule has 1 aromatic carbocycles. The molecule has 4 heterocycles. The Kier molecular flexibility index (Phi) is 8.17. The van der Waals surface area contributed by atoms with Crippen LogP contribution in [0, 0.1) is 0 Å². The second kappa shape index (κ2) is 11.9. The maximum absolute atomic E-state index is 13.3. The Balaban J connectivity index is 1.11. The number of alkyl halides is 2. The maximum Gasteiger partial charge on any atom is 0.586 e. The average Bonchev–Trinajstić information content (AvgIpc) is 3.66. The van der Waals surface area contributed by atoms with Gasteiger partial charge in [-0.25, -0.2) is 4.98 Å². The molecule has 2 aromatic heterocycles. The minimum atomic E-state index is -3.74. The number of hydrogen-bond donors (Lipinski definition) is 3. The van der Waals surface area contributed by atoms with Gasteiger partial charge in [-0.15, -0.1) is 20.1 Å². The summed E-state index contributed by atoms with van der Waals surface area (Å²) >= 11 is 1.13. The molecule has 0 saturated carbocycles. The van der Waals surface area contributed by atoms with Crippen molar-refractivity contribution in [2.24, 2.45) is 0 Å². The van der Waals surface area contributed by atoms with E-state index in [0.717, 1.165) is 36.3 Å². The normalized spacial score (nSPS) is 15.7. The summed E-state index contributed by atoms with van der Waals surface area (Å²) < 4.78 is 35.3. The van der Waals surface area contributed by atoms with Gasteiger partial charge in [0, 0.05) is 31.0 Å². The zero-order valence-electron chi connectivity index (χ0n) is 21.0. The molecular weight excluding hydrogens is 530 g/mol. The highest BCUT2D eigenvalue weighted by molar-refractivity contribution is 7.12. The number of pyridine rings is 1. The maximum atomic E-state index is 13.3. The van der Waals surface area contributed by atoms with E-state index in [1.165, 1.54) is 49.6 Å². The zero-order chi connectivity index (χ0) is 27.2. The number of aromatic nitrogens is 2. The molecular formula is C26H28F2N6O4S. The third-order valence-electron chi connectivity index (χ3n) is 6.34. The van der Waals surface area contributed by atoms with Crippen LogP contribution in [0.3, 0.4) is 0 Å². The second-order valence-electron chi connectivity index (χ2n) is 9.23. The summed E-state index contributed by atoms with van der Waals surface area (Å²) in [5.74, 6) is -0.620. The molecule has 1 fully saturated rings. The monoisotopic (exact) mass is 558 g/mol. The van der Waals surface area contributed by atoms with Crippen LogP contribution in [0.15, 0.2) is 42.0 Å². The van der Waals surface area contributed by atoms with E-state index in [9.17, 15) is 18.4 Å². The molecule has 3 N–H and O–H groups in total. The van der Waals surface area contributed by atoms with Gasteiger partial charge in [-0.3, -0.25) is 14.6 Å². The number of hydrogen-bond acceptors (Lipinski definition) is 9. The Morgan fingerprint density at radius 2 is 1.85 bits per heavy atom. The van der Waals surface area contributed by atoms with Crippen molar-refractivity contribution in [3.05, 3.63) is 58.2 Å². The highest BCUT2D eigenvalue weighted by atomic mass is 32.1. The topological polar surface area (TPSA) is 118 Å². The van der Waals surface area contributed by atoms with E-state index in [4.69, 9.17) is 0 Å². The summed E-state index contributed by atoms with van der Waals surface area (Å²) in [6.45, 7) is 4.32. The minimum absolute atomic E-state index is 0.110. The zero-order valence-corrected chi connectivity index (χ0v) is 21.9. The van der Waals surface area contributed by atoms with Crippen molar-refractivity contribution in [2.75, 3.05) is 36.8 Å². The molecule has 0 bridgehead atoms. The standard InChI is InChI=1S/C26H28F2N6O4S/c27-26(28)37-20-6-5-18(14-21(20)38-26)33-25(36)22-23(32-16-39-22)31-15-17-7-9-29-19(13-17)24(35)30-8-1-2-10-34-11-3-4-12-34/h5-7,9,13-14,16,31H,1-4,8,10-12,15H2,(H,30,35)(H,33,36). The molecule has 2 aliphatic heterocycles. The van der Waals surface area contributed by atoms with E-state index in [1.54, 1.807) is 18.3 Å². The van der Waals surface area contributed by atoms with Crippen LogP contribution in [0.5, 0.6) is 11.5 Å². The number of thiazole rings is 1. The first-order valence-electron chi connectivity index (χ1n) is 12.7. The number of fused-ring (bicyclic) bond motifs is 1. The molecule has 3 aromatic rings. The Morgan fingerprint density at radius 3 is 2.69 bits per heavy atom. The van der Waals surface area contributed by atoms with Crippen LogP contribution in [0.2, 0.25) is 0 Å². The molecule has 0 radical (unpaired) electrons. The Morgan fingerprint density at radius 1 is 1.03 bits per heavy atom. The van der Waals surface area contributed by atoms with Crippen LogP contribution < -0.4 is 25.4 Å². The molecule has 5 rings (SSSR count). The first-order valence-corrected chi connectivity index (χ1v) is 13.6. The molecule has 0 spiro atoms. The summed E-state index contributed by atoms with van der Waals surface area (Å²) in [5, 5.41) is 8.69. The molecule has 0 aliphatic carbocycles. The van der Waals surface area contributed by atoms with Gasteiger partial charge < -0.3 is 30.3 Å². The van der Waals surface area contributed by atoms with Crippen molar-refractivity contribution in [2.45, 2.75) is 38.5 Å². The Labute approximate surface area is 227 Å². The van der Waals surface area contributed by atoms with E-state index in [-0.39, 0.29) is 23.1 Å². The average molecular weight is 559 g/mol. The number of nitrogens with one attached hydrogen (secondary N) is 3. The Bertz CT molecular complexity index is 1330. The van der Waals surface area contributed by atoms with Crippen molar-refractivity contribution >= 4 is 34.7 Å². The lowest BCUT2D eigenvalue weighted by atomic mass is 10.2. The van der Waals surface area contributed by atoms with Crippen molar-refractivity contribution in [1.82, 2.24) is 20.2 Å². The molecule has 0 unspecified atom stereocenters. The van der Waals surface area contributed by atoms with Crippen LogP contribution in [-0.2, 0) is 6.54 Å². The van der Waals surface area contributed by atoms with E-state index in [2.05, 4.69) is 40.3 Å². The van der Waals surface area contributed by atoms with Crippen molar-refractivity contribution in [3.63, 3.8) is 0 Å². The molecule has 10 nitrogen and oxygen atoms in total. The number of carbonyl (C=O) groups excluding carboxylic acids is 2. The van der Waals surface area contributed by atoms with Crippen LogP contribution >= 0.6 is 11.3 Å². The van der Waals surface area contributed by atoms with Gasteiger partial charge in [0.15, 0.2) is 11.5 Å². The van der Waals surface area contributed by atoms with Crippen molar-refractivity contribution in [1.29, 1.82) is 0 Å². The molecule has 39 heavy (non-hydrogen) atoms. The van der Waals surface area contributed by atoms with Gasteiger partial charge in [0.25, 0.3) is 11.8 Å². The highest BCUT2D eigenvalue weighted by Crippen LogP contribution is 2.42. The lowest BCUT2D eigenvalue weighted by Gasteiger charge is -2.14. The first-order chi connectivity index (χ1) is 18.9. The third-order valence-corrected chi connectivity index (χ3v) is 7.16. The quantitative estimate of drug-likeness (QED) is 0.298. The fourth-order valence-corrected chi connectivity index (χ4v) is 5.06. The molecule has 2 amide bonds. The number of ether oxygens (including phenoxy) is 2. The second-order valence-corrected chi connectivity index (χ2v) is 10.1. The van der Waals surface area contributed by atoms with Crippen LogP contribution in [-0.4, -0.2) is 59.2 Å². The van der Waals surface area contributed by atoms with Gasteiger partial charge in [-0.05, 0) is 75.1 Å². The van der Waals surface area contributed by atoms with E-state index >= 15 is 0 Å². The summed E-state index contributed by atoms with van der Waals surface area (Å²) in [5.41, 5.74) is 2.89. The van der Waals surface area contributed by atoms with Crippen molar-refractivity contribution < 1.29 is 27.8 Å². The van der Waals surface area contributed by atoms with Gasteiger partial charge in [0.1, 0.15) is 16.4 Å². The lowest BCUT2D eigenvalue weighted by molar-refractivity contribution is -0.286. The SMILES string of the molecule is O=C(NCCCCN1CCCC1)c1cc(CNc2ncsc2C(=O)Nc2ccc3c(c2)OC(F)(F)O3)ccn1. The van der Waals surface area contributed by atoms with Gasteiger partial charge in [0.05, 0.1) is 5.51 Å². The molecule has 2 aliphatic rings. The molecule has 1 saturated heterocycles. The van der Waals surface area contributed by atoms with Gasteiger partial charge in [-0.1, -0.05) is 0 Å². The summed E-state index contributed by atoms with van der Waals surface area (Å²) in [4.78, 5) is 36.5. The van der Waals surface area contributed by atoms with E-state index in [1.807, 2.05) is 0 Å². The predicted octanol–water partition coefficient (Wildman–Crippen LogP) is 4.33. The number of amides is 2. The molecule has 0 atom stereocenters. The van der Waals surface area contributed by atoms with Gasteiger partial charge in [0.2, 0.25) is 0 Å². The van der Waals surface area contributed by atoms with E-state index in [0.29, 0.717) is 29.5 Å². The third kappa shape index (κ3) is 6.98. The number of carbonyl (C=O) groups is 2. The van der Waals surface area contributed by atoms with Crippen LogP contribution in [0.25, 0.3) is 0 Å². The number of rotatable bonds is 11. The number of anilines is 2.